The molecule has 1 fully saturated rings. The van der Waals surface area contributed by atoms with E-state index in [-0.39, 0.29) is 18.4 Å². The predicted octanol–water partition coefficient (Wildman–Crippen LogP) is 3.47. The molecular formula is C19H18BrClN2O3. The summed E-state index contributed by atoms with van der Waals surface area (Å²) in [6, 6.07) is 14.2. The topological polar surface area (TPSA) is 49.9 Å². The van der Waals surface area contributed by atoms with Crippen LogP contribution in [0.5, 0.6) is 5.75 Å². The molecule has 0 saturated carbocycles. The van der Waals surface area contributed by atoms with E-state index in [0.29, 0.717) is 42.5 Å². The van der Waals surface area contributed by atoms with Gasteiger partial charge in [0.05, 0.1) is 5.56 Å². The van der Waals surface area contributed by atoms with Crippen molar-refractivity contribution in [3.63, 3.8) is 0 Å². The van der Waals surface area contributed by atoms with Crippen molar-refractivity contribution in [1.29, 1.82) is 0 Å². The summed E-state index contributed by atoms with van der Waals surface area (Å²) in [4.78, 5) is 28.4. The summed E-state index contributed by atoms with van der Waals surface area (Å²) in [5, 5.41) is 0.620. The summed E-state index contributed by atoms with van der Waals surface area (Å²) in [7, 11) is 0. The maximum absolute atomic E-state index is 12.6. The molecule has 1 heterocycles. The molecule has 136 valence electrons. The number of ether oxygens (including phenoxy) is 1. The molecule has 0 N–H and O–H groups in total. The van der Waals surface area contributed by atoms with Crippen molar-refractivity contribution in [3.8, 4) is 5.75 Å². The third-order valence-corrected chi connectivity index (χ3v) is 5.14. The third-order valence-electron chi connectivity index (χ3n) is 4.20. The van der Waals surface area contributed by atoms with E-state index in [1.165, 1.54) is 0 Å². The van der Waals surface area contributed by atoms with Gasteiger partial charge in [0.15, 0.2) is 6.61 Å². The molecule has 0 aromatic heterocycles. The summed E-state index contributed by atoms with van der Waals surface area (Å²) in [6.45, 7) is 1.98. The van der Waals surface area contributed by atoms with Crippen LogP contribution in [0.2, 0.25) is 5.02 Å². The van der Waals surface area contributed by atoms with Gasteiger partial charge in [-0.3, -0.25) is 9.59 Å². The van der Waals surface area contributed by atoms with Crippen LogP contribution in [0.25, 0.3) is 0 Å². The molecule has 0 radical (unpaired) electrons. The summed E-state index contributed by atoms with van der Waals surface area (Å²) in [5.74, 6) is 0.487. The van der Waals surface area contributed by atoms with E-state index in [2.05, 4.69) is 15.9 Å². The summed E-state index contributed by atoms with van der Waals surface area (Å²) in [6.07, 6.45) is 0. The molecule has 3 rings (SSSR count). The standard InChI is InChI=1S/C19H18BrClN2O3/c20-17-4-2-1-3-16(17)19(25)23-11-9-22(10-12-23)18(24)13-26-15-7-5-14(21)6-8-15/h1-8H,9-13H2. The smallest absolute Gasteiger partial charge is 0.260 e. The molecule has 0 atom stereocenters. The normalized spacial score (nSPS) is 14.2. The van der Waals surface area contributed by atoms with Crippen molar-refractivity contribution in [3.05, 3.63) is 63.6 Å². The fraction of sp³-hybridized carbons (Fsp3) is 0.263. The van der Waals surface area contributed by atoms with Crippen LogP contribution in [0.3, 0.4) is 0 Å². The van der Waals surface area contributed by atoms with Gasteiger partial charge in [-0.2, -0.15) is 0 Å². The van der Waals surface area contributed by atoms with E-state index in [4.69, 9.17) is 16.3 Å². The Hall–Kier alpha value is -2.05. The van der Waals surface area contributed by atoms with Gasteiger partial charge in [-0.25, -0.2) is 0 Å². The van der Waals surface area contributed by atoms with E-state index < -0.39 is 0 Å². The summed E-state index contributed by atoms with van der Waals surface area (Å²) in [5.41, 5.74) is 0.637. The second-order valence-corrected chi connectivity index (χ2v) is 7.19. The number of halogens is 2. The number of carbonyl (C=O) groups excluding carboxylic acids is 2. The summed E-state index contributed by atoms with van der Waals surface area (Å²) >= 11 is 9.23. The molecule has 0 spiro atoms. The molecule has 0 aliphatic carbocycles. The second-order valence-electron chi connectivity index (χ2n) is 5.90. The highest BCUT2D eigenvalue weighted by Crippen LogP contribution is 2.19. The minimum atomic E-state index is -0.0899. The van der Waals surface area contributed by atoms with Crippen LogP contribution < -0.4 is 4.74 Å². The van der Waals surface area contributed by atoms with Gasteiger partial charge in [-0.05, 0) is 52.3 Å². The molecule has 1 aliphatic rings. The molecule has 7 heteroatoms. The van der Waals surface area contributed by atoms with Crippen molar-refractivity contribution in [2.75, 3.05) is 32.8 Å². The van der Waals surface area contributed by atoms with Crippen LogP contribution in [-0.2, 0) is 4.79 Å². The van der Waals surface area contributed by atoms with Crippen LogP contribution in [0, 0.1) is 0 Å². The van der Waals surface area contributed by atoms with Crippen LogP contribution in [-0.4, -0.2) is 54.4 Å². The molecule has 5 nitrogen and oxygen atoms in total. The number of piperazine rings is 1. The van der Waals surface area contributed by atoms with Gasteiger partial charge in [0.25, 0.3) is 11.8 Å². The maximum atomic E-state index is 12.6. The minimum absolute atomic E-state index is 0.0259. The van der Waals surface area contributed by atoms with Gasteiger partial charge in [0, 0.05) is 35.7 Å². The van der Waals surface area contributed by atoms with Crippen molar-refractivity contribution in [2.45, 2.75) is 0 Å². The largest absolute Gasteiger partial charge is 0.484 e. The highest BCUT2D eigenvalue weighted by molar-refractivity contribution is 9.10. The SMILES string of the molecule is O=C(COc1ccc(Cl)cc1)N1CCN(C(=O)c2ccccc2Br)CC1. The van der Waals surface area contributed by atoms with Crippen molar-refractivity contribution in [2.24, 2.45) is 0 Å². The first-order valence-electron chi connectivity index (χ1n) is 8.24. The molecule has 0 unspecified atom stereocenters. The number of carbonyl (C=O) groups is 2. The Bertz CT molecular complexity index is 790. The van der Waals surface area contributed by atoms with Crippen LogP contribution in [0.4, 0.5) is 0 Å². The average Bonchev–Trinajstić information content (AvgIpc) is 2.67. The number of hydrogen-bond acceptors (Lipinski definition) is 3. The lowest BCUT2D eigenvalue weighted by atomic mass is 10.2. The van der Waals surface area contributed by atoms with Gasteiger partial charge in [0.1, 0.15) is 5.75 Å². The van der Waals surface area contributed by atoms with Gasteiger partial charge in [-0.15, -0.1) is 0 Å². The number of amides is 2. The molecule has 26 heavy (non-hydrogen) atoms. The van der Waals surface area contributed by atoms with E-state index in [0.717, 1.165) is 4.47 Å². The molecule has 2 aromatic rings. The molecular weight excluding hydrogens is 420 g/mol. The lowest BCUT2D eigenvalue weighted by Gasteiger charge is -2.34. The Labute approximate surface area is 165 Å². The zero-order valence-corrected chi connectivity index (χ0v) is 16.4. The minimum Gasteiger partial charge on any atom is -0.484 e. The lowest BCUT2D eigenvalue weighted by molar-refractivity contribution is -0.134. The molecule has 0 bridgehead atoms. The highest BCUT2D eigenvalue weighted by atomic mass is 79.9. The first-order chi connectivity index (χ1) is 12.5. The lowest BCUT2D eigenvalue weighted by Crippen LogP contribution is -2.51. The van der Waals surface area contributed by atoms with Gasteiger partial charge >= 0.3 is 0 Å². The number of rotatable bonds is 4. The van der Waals surface area contributed by atoms with E-state index in [1.54, 1.807) is 40.1 Å². The second kappa shape index (κ2) is 8.56. The van der Waals surface area contributed by atoms with Crippen LogP contribution in [0.1, 0.15) is 10.4 Å². The third kappa shape index (κ3) is 4.56. The number of hydrogen-bond donors (Lipinski definition) is 0. The Morgan fingerprint density at radius 3 is 2.23 bits per heavy atom. The molecule has 2 aromatic carbocycles. The first kappa shape index (κ1) is 18.7. The summed E-state index contributed by atoms with van der Waals surface area (Å²) < 4.78 is 6.28. The molecule has 1 saturated heterocycles. The molecule has 2 amide bonds. The Morgan fingerprint density at radius 1 is 0.962 bits per heavy atom. The van der Waals surface area contributed by atoms with E-state index >= 15 is 0 Å². The van der Waals surface area contributed by atoms with Crippen LogP contribution in [0.15, 0.2) is 53.0 Å². The van der Waals surface area contributed by atoms with E-state index in [9.17, 15) is 9.59 Å². The first-order valence-corrected chi connectivity index (χ1v) is 9.41. The monoisotopic (exact) mass is 436 g/mol. The zero-order valence-electron chi connectivity index (χ0n) is 14.0. The van der Waals surface area contributed by atoms with Gasteiger partial charge in [0.2, 0.25) is 0 Å². The quantitative estimate of drug-likeness (QED) is 0.736. The number of nitrogens with zero attached hydrogens (tertiary/aromatic N) is 2. The van der Waals surface area contributed by atoms with Crippen LogP contribution >= 0.6 is 27.5 Å². The van der Waals surface area contributed by atoms with Gasteiger partial charge < -0.3 is 14.5 Å². The van der Waals surface area contributed by atoms with Crippen molar-refractivity contribution < 1.29 is 14.3 Å². The predicted molar refractivity (Wildman–Crippen MR) is 104 cm³/mol. The Morgan fingerprint density at radius 2 is 1.58 bits per heavy atom. The van der Waals surface area contributed by atoms with Crippen molar-refractivity contribution >= 4 is 39.3 Å². The average molecular weight is 438 g/mol. The van der Waals surface area contributed by atoms with E-state index in [1.807, 2.05) is 18.2 Å². The van der Waals surface area contributed by atoms with Crippen molar-refractivity contribution in [1.82, 2.24) is 9.80 Å². The Kier molecular flexibility index (Phi) is 6.16. The highest BCUT2D eigenvalue weighted by Gasteiger charge is 2.25. The maximum Gasteiger partial charge on any atom is 0.260 e. The number of benzene rings is 2. The Balaban J connectivity index is 1.50. The fourth-order valence-corrected chi connectivity index (χ4v) is 3.31. The molecule has 1 aliphatic heterocycles. The fourth-order valence-electron chi connectivity index (χ4n) is 2.73. The zero-order chi connectivity index (χ0) is 18.5. The van der Waals surface area contributed by atoms with Gasteiger partial charge in [-0.1, -0.05) is 23.7 Å².